The summed E-state index contributed by atoms with van der Waals surface area (Å²) in [6, 6.07) is 3.81. The number of piperidine rings is 1. The maximum atomic E-state index is 13.0. The number of nitrogens with one attached hydrogen (secondary N) is 1. The third-order valence-corrected chi connectivity index (χ3v) is 5.37. The molecule has 1 N–H and O–H groups in total. The molecule has 0 unspecified atom stereocenters. The molecule has 1 saturated heterocycles. The Kier molecular flexibility index (Phi) is 7.72. The topological polar surface area (TPSA) is 80.8 Å². The molecule has 0 bridgehead atoms. The van der Waals surface area contributed by atoms with Gasteiger partial charge in [-0.3, -0.25) is 4.79 Å². The molecule has 0 spiro atoms. The monoisotopic (exact) mass is 419 g/mol. The summed E-state index contributed by atoms with van der Waals surface area (Å²) >= 11 is 0. The van der Waals surface area contributed by atoms with Crippen molar-refractivity contribution in [3.63, 3.8) is 0 Å². The Morgan fingerprint density at radius 2 is 1.97 bits per heavy atom. The quantitative estimate of drug-likeness (QED) is 0.755. The van der Waals surface area contributed by atoms with Crippen LogP contribution in [0.1, 0.15) is 59.9 Å². The fraction of sp³-hybridized carbons (Fsp3) is 0.696. The second-order valence-corrected chi connectivity index (χ2v) is 9.76. The van der Waals surface area contributed by atoms with Crippen molar-refractivity contribution in [3.05, 3.63) is 23.9 Å². The highest BCUT2D eigenvalue weighted by atomic mass is 16.6. The van der Waals surface area contributed by atoms with Gasteiger partial charge >= 0.3 is 6.09 Å². The summed E-state index contributed by atoms with van der Waals surface area (Å²) in [6.45, 7) is 14.8. The van der Waals surface area contributed by atoms with Crippen LogP contribution >= 0.6 is 0 Å². The van der Waals surface area contributed by atoms with E-state index in [1.54, 1.807) is 11.1 Å². The van der Waals surface area contributed by atoms with Crippen molar-refractivity contribution >= 4 is 12.0 Å². The van der Waals surface area contributed by atoms with E-state index in [0.29, 0.717) is 25.4 Å². The van der Waals surface area contributed by atoms with Crippen molar-refractivity contribution in [1.29, 1.82) is 0 Å². The van der Waals surface area contributed by atoms with Gasteiger partial charge < -0.3 is 19.7 Å². The lowest BCUT2D eigenvalue weighted by molar-refractivity contribution is -0.132. The molecule has 1 fully saturated rings. The zero-order valence-corrected chi connectivity index (χ0v) is 19.4. The summed E-state index contributed by atoms with van der Waals surface area (Å²) in [7, 11) is 0. The van der Waals surface area contributed by atoms with Crippen LogP contribution in [0.5, 0.6) is 5.88 Å². The fourth-order valence-corrected chi connectivity index (χ4v) is 3.43. The number of likely N-dealkylation sites (tertiary alicyclic amines) is 1. The molecular weight excluding hydrogens is 382 g/mol. The van der Waals surface area contributed by atoms with Crippen LogP contribution in [0, 0.1) is 18.3 Å². The maximum absolute atomic E-state index is 13.0. The molecule has 1 aromatic rings. The molecule has 7 nitrogen and oxygen atoms in total. The molecular formula is C23H37N3O4. The van der Waals surface area contributed by atoms with Gasteiger partial charge in [-0.05, 0) is 66.4 Å². The van der Waals surface area contributed by atoms with Gasteiger partial charge in [0.25, 0.3) is 0 Å². The van der Waals surface area contributed by atoms with E-state index >= 15 is 0 Å². The van der Waals surface area contributed by atoms with Crippen molar-refractivity contribution in [2.24, 2.45) is 11.3 Å². The number of aromatic nitrogens is 1. The van der Waals surface area contributed by atoms with E-state index in [4.69, 9.17) is 9.47 Å². The Bertz CT molecular complexity index is 742. The molecule has 30 heavy (non-hydrogen) atoms. The van der Waals surface area contributed by atoms with Crippen molar-refractivity contribution < 1.29 is 19.1 Å². The minimum atomic E-state index is -0.704. The van der Waals surface area contributed by atoms with Gasteiger partial charge in [-0.1, -0.05) is 13.0 Å². The second-order valence-electron chi connectivity index (χ2n) is 9.76. The summed E-state index contributed by atoms with van der Waals surface area (Å²) < 4.78 is 11.3. The van der Waals surface area contributed by atoms with Gasteiger partial charge in [0, 0.05) is 30.9 Å². The second kappa shape index (κ2) is 9.67. The zero-order valence-electron chi connectivity index (χ0n) is 19.4. The predicted octanol–water partition coefficient (Wildman–Crippen LogP) is 3.95. The largest absolute Gasteiger partial charge is 0.476 e. The molecule has 0 saturated carbocycles. The van der Waals surface area contributed by atoms with E-state index in [1.807, 2.05) is 53.7 Å². The molecule has 2 heterocycles. The van der Waals surface area contributed by atoms with E-state index in [9.17, 15) is 9.59 Å². The molecule has 1 aliphatic rings. The number of hydrogen-bond acceptors (Lipinski definition) is 5. The molecule has 2 atom stereocenters. The number of pyridine rings is 1. The first-order valence-corrected chi connectivity index (χ1v) is 10.8. The Balaban J connectivity index is 1.93. The molecule has 0 radical (unpaired) electrons. The minimum absolute atomic E-state index is 0.0250. The van der Waals surface area contributed by atoms with Crippen molar-refractivity contribution in [3.8, 4) is 5.88 Å². The lowest BCUT2D eigenvalue weighted by atomic mass is 9.87. The van der Waals surface area contributed by atoms with Crippen LogP contribution < -0.4 is 10.1 Å². The first-order valence-electron chi connectivity index (χ1n) is 10.8. The maximum Gasteiger partial charge on any atom is 0.410 e. The fourth-order valence-electron chi connectivity index (χ4n) is 3.43. The summed E-state index contributed by atoms with van der Waals surface area (Å²) in [6.07, 6.45) is 2.97. The number of hydrogen-bond donors (Lipinski definition) is 1. The Hall–Kier alpha value is -2.31. The smallest absolute Gasteiger partial charge is 0.410 e. The van der Waals surface area contributed by atoms with E-state index in [-0.39, 0.29) is 30.6 Å². The molecule has 1 aromatic heterocycles. The normalized spacial score (nSPS) is 19.9. The standard InChI is InChI=1S/C23H37N3O4/c1-8-17-14-26(21(28)30-22(3,4)5)13-11-18(17)25-20(27)23(6,7)15-29-19-16(2)10-9-12-24-19/h9-10,12,17-18H,8,11,13-15H2,1-7H3,(H,25,27)/t17-,18-/m1/s1. The third-order valence-electron chi connectivity index (χ3n) is 5.37. The number of ether oxygens (including phenoxy) is 2. The number of amides is 2. The molecule has 7 heteroatoms. The van der Waals surface area contributed by atoms with Gasteiger partial charge in [0.05, 0.1) is 5.41 Å². The number of carbonyl (C=O) groups is 2. The lowest BCUT2D eigenvalue weighted by Gasteiger charge is -2.40. The van der Waals surface area contributed by atoms with Gasteiger partial charge in [-0.15, -0.1) is 0 Å². The van der Waals surface area contributed by atoms with Gasteiger partial charge in [0.2, 0.25) is 11.8 Å². The average molecular weight is 420 g/mol. The highest BCUT2D eigenvalue weighted by Crippen LogP contribution is 2.25. The molecule has 2 rings (SSSR count). The predicted molar refractivity (Wildman–Crippen MR) is 116 cm³/mol. The van der Waals surface area contributed by atoms with Gasteiger partial charge in [0.1, 0.15) is 12.2 Å². The highest BCUT2D eigenvalue weighted by Gasteiger charge is 2.36. The Morgan fingerprint density at radius 3 is 2.57 bits per heavy atom. The highest BCUT2D eigenvalue weighted by molar-refractivity contribution is 5.82. The van der Waals surface area contributed by atoms with Crippen molar-refractivity contribution in [2.45, 2.75) is 73.0 Å². The van der Waals surface area contributed by atoms with Crippen molar-refractivity contribution in [2.75, 3.05) is 19.7 Å². The number of aryl methyl sites for hydroxylation is 1. The van der Waals surface area contributed by atoms with Crippen LogP contribution in [0.2, 0.25) is 0 Å². The molecule has 1 aliphatic heterocycles. The summed E-state index contributed by atoms with van der Waals surface area (Å²) in [5, 5.41) is 3.20. The minimum Gasteiger partial charge on any atom is -0.476 e. The molecule has 2 amide bonds. The number of rotatable bonds is 6. The Labute approximate surface area is 180 Å². The number of carbonyl (C=O) groups excluding carboxylic acids is 2. The SMILES string of the molecule is CC[C@@H]1CN(C(=O)OC(C)(C)C)CC[C@H]1NC(=O)C(C)(C)COc1ncccc1C. The van der Waals surface area contributed by atoms with E-state index in [1.165, 1.54) is 0 Å². The third kappa shape index (κ3) is 6.61. The van der Waals surface area contributed by atoms with Gasteiger partial charge in [-0.25, -0.2) is 9.78 Å². The first-order chi connectivity index (χ1) is 13.9. The number of nitrogens with zero attached hydrogens (tertiary/aromatic N) is 2. The summed E-state index contributed by atoms with van der Waals surface area (Å²) in [5.41, 5.74) is -0.279. The van der Waals surface area contributed by atoms with E-state index < -0.39 is 11.0 Å². The zero-order chi connectivity index (χ0) is 22.5. The molecule has 0 aromatic carbocycles. The van der Waals surface area contributed by atoms with Gasteiger partial charge in [0.15, 0.2) is 0 Å². The summed E-state index contributed by atoms with van der Waals surface area (Å²) in [4.78, 5) is 31.4. The Morgan fingerprint density at radius 1 is 1.27 bits per heavy atom. The van der Waals surface area contributed by atoms with E-state index in [0.717, 1.165) is 12.0 Å². The average Bonchev–Trinajstić information content (AvgIpc) is 2.66. The van der Waals surface area contributed by atoms with Crippen LogP contribution in [-0.2, 0) is 9.53 Å². The van der Waals surface area contributed by atoms with E-state index in [2.05, 4.69) is 17.2 Å². The van der Waals surface area contributed by atoms with Crippen LogP contribution in [0.3, 0.4) is 0 Å². The summed E-state index contributed by atoms with van der Waals surface area (Å²) in [5.74, 6) is 0.686. The van der Waals surface area contributed by atoms with Crippen LogP contribution in [0.25, 0.3) is 0 Å². The molecule has 168 valence electrons. The van der Waals surface area contributed by atoms with Crippen LogP contribution in [-0.4, -0.2) is 53.2 Å². The lowest BCUT2D eigenvalue weighted by Crippen LogP contribution is -2.55. The van der Waals surface area contributed by atoms with Crippen LogP contribution in [0.4, 0.5) is 4.79 Å². The first kappa shape index (κ1) is 24.0. The van der Waals surface area contributed by atoms with Gasteiger partial charge in [-0.2, -0.15) is 0 Å². The molecule has 0 aliphatic carbocycles. The van der Waals surface area contributed by atoms with Crippen molar-refractivity contribution in [1.82, 2.24) is 15.2 Å². The van der Waals surface area contributed by atoms with Crippen LogP contribution in [0.15, 0.2) is 18.3 Å².